The first-order chi connectivity index (χ1) is 13.7. The highest BCUT2D eigenvalue weighted by atomic mass is 35.5. The van der Waals surface area contributed by atoms with E-state index in [9.17, 15) is 0 Å². The first kappa shape index (κ1) is 18.2. The van der Waals surface area contributed by atoms with Gasteiger partial charge in [-0.1, -0.05) is 64.8 Å². The zero-order chi connectivity index (χ0) is 19.1. The summed E-state index contributed by atoms with van der Waals surface area (Å²) in [6, 6.07) is 17.8. The highest BCUT2D eigenvalue weighted by Gasteiger charge is 2.46. The summed E-state index contributed by atoms with van der Waals surface area (Å²) in [7, 11) is 0. The summed E-state index contributed by atoms with van der Waals surface area (Å²) >= 11 is 13.3. The van der Waals surface area contributed by atoms with Crippen LogP contribution in [0.1, 0.15) is 48.9 Å². The SMILES string of the molecule is Clc1ccccc1C(c1ccccc1Cl)N1[C@@H]2CC[C@H]1CC(n1ccnn1)C2. The van der Waals surface area contributed by atoms with Gasteiger partial charge in [0.05, 0.1) is 18.3 Å². The van der Waals surface area contributed by atoms with Crippen LogP contribution in [-0.4, -0.2) is 32.0 Å². The number of hydrogen-bond acceptors (Lipinski definition) is 3. The van der Waals surface area contributed by atoms with Crippen LogP contribution < -0.4 is 0 Å². The quantitative estimate of drug-likeness (QED) is 0.563. The summed E-state index contributed by atoms with van der Waals surface area (Å²) in [5, 5.41) is 9.85. The standard InChI is InChI=1S/C22H22Cl2N4/c23-20-7-3-1-5-18(20)22(19-6-2-4-8-21(19)24)28-15-9-10-16(28)14-17(13-15)27-12-11-25-26-27/h1-8,11-12,15-17,22H,9-10,13-14H2/t15-,16+,17?. The van der Waals surface area contributed by atoms with E-state index in [2.05, 4.69) is 39.5 Å². The van der Waals surface area contributed by atoms with E-state index in [4.69, 9.17) is 23.2 Å². The number of halogens is 2. The minimum absolute atomic E-state index is 0.0663. The van der Waals surface area contributed by atoms with E-state index in [0.29, 0.717) is 18.1 Å². The van der Waals surface area contributed by atoms with Crippen molar-refractivity contribution in [3.63, 3.8) is 0 Å². The van der Waals surface area contributed by atoms with Crippen LogP contribution in [0.2, 0.25) is 10.0 Å². The zero-order valence-electron chi connectivity index (χ0n) is 15.5. The molecule has 2 saturated heterocycles. The topological polar surface area (TPSA) is 34.0 Å². The Morgan fingerprint density at radius 1 is 0.821 bits per heavy atom. The Bertz CT molecular complexity index is 899. The summed E-state index contributed by atoms with van der Waals surface area (Å²) < 4.78 is 2.03. The molecule has 0 amide bonds. The number of rotatable bonds is 4. The van der Waals surface area contributed by atoms with E-state index in [1.807, 2.05) is 35.1 Å². The predicted octanol–water partition coefficient (Wildman–Crippen LogP) is 5.54. The first-order valence-corrected chi connectivity index (χ1v) is 10.6. The van der Waals surface area contributed by atoms with Gasteiger partial charge in [-0.05, 0) is 48.9 Å². The Morgan fingerprint density at radius 3 is 1.89 bits per heavy atom. The average molecular weight is 413 g/mol. The van der Waals surface area contributed by atoms with Gasteiger partial charge in [0.25, 0.3) is 0 Å². The summed E-state index contributed by atoms with van der Waals surface area (Å²) in [4.78, 5) is 2.66. The predicted molar refractivity (Wildman–Crippen MR) is 112 cm³/mol. The normalized spacial score (nSPS) is 24.8. The van der Waals surface area contributed by atoms with Crippen molar-refractivity contribution in [2.24, 2.45) is 0 Å². The second-order valence-electron chi connectivity index (χ2n) is 7.79. The van der Waals surface area contributed by atoms with Gasteiger partial charge in [-0.2, -0.15) is 0 Å². The van der Waals surface area contributed by atoms with Crippen molar-refractivity contribution >= 4 is 23.2 Å². The molecule has 2 aliphatic heterocycles. The number of aromatic nitrogens is 3. The molecule has 0 spiro atoms. The number of nitrogens with zero attached hydrogens (tertiary/aromatic N) is 4. The molecular formula is C22H22Cl2N4. The molecule has 6 heteroatoms. The van der Waals surface area contributed by atoms with Crippen molar-refractivity contribution < 1.29 is 0 Å². The van der Waals surface area contributed by atoms with Crippen molar-refractivity contribution in [2.45, 2.75) is 49.9 Å². The largest absolute Gasteiger partial charge is 0.286 e. The van der Waals surface area contributed by atoms with Gasteiger partial charge in [0.2, 0.25) is 0 Å². The lowest BCUT2D eigenvalue weighted by molar-refractivity contribution is 0.0732. The van der Waals surface area contributed by atoms with Crippen LogP contribution in [0, 0.1) is 0 Å². The summed E-state index contributed by atoms with van der Waals surface area (Å²) in [6.07, 6.45) is 8.29. The molecule has 4 nitrogen and oxygen atoms in total. The summed E-state index contributed by atoms with van der Waals surface area (Å²) in [6.45, 7) is 0. The summed E-state index contributed by atoms with van der Waals surface area (Å²) in [5.74, 6) is 0. The fraction of sp³-hybridized carbons (Fsp3) is 0.364. The third-order valence-corrected chi connectivity index (χ3v) is 6.97. The van der Waals surface area contributed by atoms with E-state index < -0.39 is 0 Å². The first-order valence-electron chi connectivity index (χ1n) is 9.84. The molecule has 0 saturated carbocycles. The second-order valence-corrected chi connectivity index (χ2v) is 8.60. The molecule has 2 fully saturated rings. The van der Waals surface area contributed by atoms with Crippen LogP contribution in [0.5, 0.6) is 0 Å². The molecule has 3 heterocycles. The molecule has 2 bridgehead atoms. The molecule has 28 heavy (non-hydrogen) atoms. The Labute approximate surface area is 175 Å². The van der Waals surface area contributed by atoms with E-state index in [0.717, 1.165) is 34.0 Å². The zero-order valence-corrected chi connectivity index (χ0v) is 17.0. The molecule has 1 aromatic heterocycles. The van der Waals surface area contributed by atoms with Crippen LogP contribution in [0.25, 0.3) is 0 Å². The van der Waals surface area contributed by atoms with Crippen LogP contribution in [0.3, 0.4) is 0 Å². The molecule has 0 aliphatic carbocycles. The Kier molecular flexibility index (Phi) is 4.87. The van der Waals surface area contributed by atoms with Gasteiger partial charge in [-0.25, -0.2) is 4.68 Å². The van der Waals surface area contributed by atoms with Crippen LogP contribution in [0.4, 0.5) is 0 Å². The van der Waals surface area contributed by atoms with Gasteiger partial charge < -0.3 is 0 Å². The van der Waals surface area contributed by atoms with Crippen LogP contribution in [-0.2, 0) is 0 Å². The van der Waals surface area contributed by atoms with E-state index in [1.165, 1.54) is 12.8 Å². The van der Waals surface area contributed by atoms with E-state index in [-0.39, 0.29) is 6.04 Å². The molecule has 2 aromatic carbocycles. The minimum atomic E-state index is 0.0663. The minimum Gasteiger partial charge on any atom is -0.286 e. The summed E-state index contributed by atoms with van der Waals surface area (Å²) in [5.41, 5.74) is 2.27. The van der Waals surface area contributed by atoms with Crippen molar-refractivity contribution in [3.8, 4) is 0 Å². The average Bonchev–Trinajstić information content (AvgIpc) is 3.32. The van der Waals surface area contributed by atoms with Gasteiger partial charge in [-0.3, -0.25) is 4.90 Å². The maximum absolute atomic E-state index is 6.67. The third-order valence-electron chi connectivity index (χ3n) is 6.28. The Balaban J connectivity index is 1.56. The lowest BCUT2D eigenvalue weighted by atomic mass is 9.89. The van der Waals surface area contributed by atoms with Crippen molar-refractivity contribution in [1.82, 2.24) is 19.9 Å². The molecule has 2 aliphatic rings. The Hall–Kier alpha value is -1.88. The van der Waals surface area contributed by atoms with Crippen molar-refractivity contribution in [3.05, 3.63) is 82.1 Å². The van der Waals surface area contributed by atoms with Gasteiger partial charge in [0.1, 0.15) is 0 Å². The maximum Gasteiger partial charge on any atom is 0.0693 e. The lowest BCUT2D eigenvalue weighted by Gasteiger charge is -2.44. The van der Waals surface area contributed by atoms with E-state index in [1.54, 1.807) is 6.20 Å². The highest BCUT2D eigenvalue weighted by Crippen LogP contribution is 2.48. The lowest BCUT2D eigenvalue weighted by Crippen LogP contribution is -2.46. The molecule has 3 atom stereocenters. The molecule has 0 radical (unpaired) electrons. The maximum atomic E-state index is 6.67. The number of piperidine rings is 1. The fourth-order valence-electron chi connectivity index (χ4n) is 5.12. The van der Waals surface area contributed by atoms with E-state index >= 15 is 0 Å². The fourth-order valence-corrected chi connectivity index (χ4v) is 5.59. The molecule has 3 aromatic rings. The molecular weight excluding hydrogens is 391 g/mol. The molecule has 0 N–H and O–H groups in total. The number of hydrogen-bond donors (Lipinski definition) is 0. The van der Waals surface area contributed by atoms with Crippen LogP contribution >= 0.6 is 23.2 Å². The van der Waals surface area contributed by atoms with Gasteiger partial charge in [0.15, 0.2) is 0 Å². The molecule has 1 unspecified atom stereocenters. The molecule has 144 valence electrons. The van der Waals surface area contributed by atoms with Gasteiger partial charge in [0, 0.05) is 28.3 Å². The van der Waals surface area contributed by atoms with Crippen LogP contribution in [0.15, 0.2) is 60.9 Å². The molecule has 5 rings (SSSR count). The highest BCUT2D eigenvalue weighted by molar-refractivity contribution is 6.32. The van der Waals surface area contributed by atoms with Gasteiger partial charge in [-0.15, -0.1) is 5.10 Å². The van der Waals surface area contributed by atoms with Gasteiger partial charge >= 0.3 is 0 Å². The number of fused-ring (bicyclic) bond motifs is 2. The smallest absolute Gasteiger partial charge is 0.0693 e. The van der Waals surface area contributed by atoms with Crippen molar-refractivity contribution in [1.29, 1.82) is 0 Å². The Morgan fingerprint density at radius 2 is 1.39 bits per heavy atom. The monoisotopic (exact) mass is 412 g/mol. The van der Waals surface area contributed by atoms with Crippen molar-refractivity contribution in [2.75, 3.05) is 0 Å². The number of benzene rings is 2. The third kappa shape index (κ3) is 3.14. The second kappa shape index (κ2) is 7.51.